The maximum absolute atomic E-state index is 6.08. The molecule has 4 aliphatic rings. The summed E-state index contributed by atoms with van der Waals surface area (Å²) in [6.45, 7) is 7.49. The zero-order valence-corrected chi connectivity index (χ0v) is 16.4. The van der Waals surface area contributed by atoms with Crippen LogP contribution in [0, 0.1) is 28.6 Å². The Morgan fingerprint density at radius 3 is 2.42 bits per heavy atom. The van der Waals surface area contributed by atoms with Crippen LogP contribution in [0.2, 0.25) is 0 Å². The molecule has 0 radical (unpaired) electrons. The average molecular weight is 333 g/mol. The Hall–Kier alpha value is -0.340. The molecule has 0 N–H and O–H groups in total. The van der Waals surface area contributed by atoms with Gasteiger partial charge in [0.1, 0.15) is 0 Å². The molecule has 0 aliphatic heterocycles. The predicted molar refractivity (Wildman–Crippen MR) is 97.9 cm³/mol. The van der Waals surface area contributed by atoms with Crippen molar-refractivity contribution in [2.75, 3.05) is 14.2 Å². The van der Waals surface area contributed by atoms with E-state index in [4.69, 9.17) is 9.47 Å². The fourth-order valence-corrected chi connectivity index (χ4v) is 7.39. The van der Waals surface area contributed by atoms with E-state index in [1.165, 1.54) is 51.4 Å². The van der Waals surface area contributed by atoms with Gasteiger partial charge in [0.15, 0.2) is 0 Å². The van der Waals surface area contributed by atoms with Gasteiger partial charge >= 0.3 is 0 Å². The van der Waals surface area contributed by atoms with E-state index in [0.717, 1.165) is 17.8 Å². The smallest absolute Gasteiger partial charge is 0.0706 e. The number of methoxy groups -OCH3 is 2. The summed E-state index contributed by atoms with van der Waals surface area (Å²) >= 11 is 0. The second-order valence-corrected chi connectivity index (χ2v) is 9.79. The van der Waals surface area contributed by atoms with E-state index in [-0.39, 0.29) is 5.60 Å². The van der Waals surface area contributed by atoms with Crippen molar-refractivity contribution in [3.63, 3.8) is 0 Å². The number of hydrogen-bond donors (Lipinski definition) is 0. The van der Waals surface area contributed by atoms with Crippen LogP contribution in [-0.2, 0) is 9.47 Å². The Morgan fingerprint density at radius 1 is 0.958 bits per heavy atom. The van der Waals surface area contributed by atoms with Crippen molar-refractivity contribution in [1.29, 1.82) is 0 Å². The van der Waals surface area contributed by atoms with E-state index < -0.39 is 0 Å². The van der Waals surface area contributed by atoms with Crippen LogP contribution in [0.15, 0.2) is 11.6 Å². The Kier molecular flexibility index (Phi) is 3.97. The molecule has 2 nitrogen and oxygen atoms in total. The van der Waals surface area contributed by atoms with Gasteiger partial charge in [0.25, 0.3) is 0 Å². The maximum Gasteiger partial charge on any atom is 0.0706 e. The van der Waals surface area contributed by atoms with E-state index in [9.17, 15) is 0 Å². The second kappa shape index (κ2) is 5.58. The van der Waals surface area contributed by atoms with Crippen molar-refractivity contribution in [1.82, 2.24) is 0 Å². The summed E-state index contributed by atoms with van der Waals surface area (Å²) in [5.41, 5.74) is 2.61. The number of rotatable bonds is 2. The number of hydrogen-bond acceptors (Lipinski definition) is 2. The van der Waals surface area contributed by atoms with Crippen LogP contribution in [-0.4, -0.2) is 25.9 Å². The van der Waals surface area contributed by atoms with Crippen LogP contribution in [0.4, 0.5) is 0 Å². The molecule has 0 aromatic rings. The quantitative estimate of drug-likeness (QED) is 0.633. The molecule has 7 atom stereocenters. The zero-order chi connectivity index (χ0) is 17.2. The van der Waals surface area contributed by atoms with Gasteiger partial charge in [-0.15, -0.1) is 0 Å². The summed E-state index contributed by atoms with van der Waals surface area (Å²) < 4.78 is 11.8. The molecule has 3 fully saturated rings. The summed E-state index contributed by atoms with van der Waals surface area (Å²) in [5.74, 6) is 2.59. The first kappa shape index (κ1) is 17.1. The predicted octanol–water partition coefficient (Wildman–Crippen LogP) is 5.37. The lowest BCUT2D eigenvalue weighted by atomic mass is 9.47. The van der Waals surface area contributed by atoms with Crippen molar-refractivity contribution in [2.45, 2.75) is 83.8 Å². The van der Waals surface area contributed by atoms with Crippen LogP contribution in [0.5, 0.6) is 0 Å². The highest BCUT2D eigenvalue weighted by molar-refractivity contribution is 5.26. The first-order chi connectivity index (χ1) is 11.4. The summed E-state index contributed by atoms with van der Waals surface area (Å²) in [5, 5.41) is 0. The standard InChI is InChI=1S/C22H36O2/c1-20-11-8-16(23-4)14-15(20)6-7-17-18(20)9-12-21(2)19(17)10-13-22(21,3)24-5/h6,16-19H,7-14H2,1-5H3/t16-,17?,18?,19?,20-,21-,22-/m0/s1. The average Bonchev–Trinajstić information content (AvgIpc) is 2.86. The summed E-state index contributed by atoms with van der Waals surface area (Å²) in [6, 6.07) is 0. The van der Waals surface area contributed by atoms with Crippen LogP contribution >= 0.6 is 0 Å². The lowest BCUT2D eigenvalue weighted by Gasteiger charge is -2.59. The molecular weight excluding hydrogens is 296 g/mol. The lowest BCUT2D eigenvalue weighted by Crippen LogP contribution is -2.54. The van der Waals surface area contributed by atoms with Crippen molar-refractivity contribution in [2.24, 2.45) is 28.6 Å². The highest BCUT2D eigenvalue weighted by Crippen LogP contribution is 2.67. The Morgan fingerprint density at radius 2 is 1.71 bits per heavy atom. The van der Waals surface area contributed by atoms with Crippen LogP contribution < -0.4 is 0 Å². The number of fused-ring (bicyclic) bond motifs is 5. The Balaban J connectivity index is 1.65. The third-order valence-corrected chi connectivity index (χ3v) is 9.37. The Labute approximate surface area is 148 Å². The van der Waals surface area contributed by atoms with Gasteiger partial charge in [-0.2, -0.15) is 0 Å². The Bertz CT molecular complexity index is 540. The van der Waals surface area contributed by atoms with Crippen LogP contribution in [0.25, 0.3) is 0 Å². The van der Waals surface area contributed by atoms with Crippen molar-refractivity contribution >= 4 is 0 Å². The molecule has 0 spiro atoms. The van der Waals surface area contributed by atoms with Crippen LogP contribution in [0.3, 0.4) is 0 Å². The minimum Gasteiger partial charge on any atom is -0.381 e. The molecule has 0 bridgehead atoms. The topological polar surface area (TPSA) is 18.5 Å². The van der Waals surface area contributed by atoms with E-state index in [2.05, 4.69) is 26.8 Å². The molecule has 0 saturated heterocycles. The fraction of sp³-hybridized carbons (Fsp3) is 0.909. The van der Waals surface area contributed by atoms with Gasteiger partial charge in [-0.1, -0.05) is 25.5 Å². The molecule has 2 heteroatoms. The molecule has 0 amide bonds. The van der Waals surface area contributed by atoms with E-state index in [0.29, 0.717) is 16.9 Å². The highest BCUT2D eigenvalue weighted by atomic mass is 16.5. The molecule has 0 heterocycles. The third kappa shape index (κ3) is 2.08. The highest BCUT2D eigenvalue weighted by Gasteiger charge is 2.62. The molecular formula is C22H36O2. The third-order valence-electron chi connectivity index (χ3n) is 9.37. The monoisotopic (exact) mass is 332 g/mol. The van der Waals surface area contributed by atoms with Gasteiger partial charge in [-0.3, -0.25) is 0 Å². The van der Waals surface area contributed by atoms with E-state index in [1.54, 1.807) is 5.57 Å². The molecule has 3 unspecified atom stereocenters. The van der Waals surface area contributed by atoms with Gasteiger partial charge in [0, 0.05) is 14.2 Å². The molecule has 0 aromatic heterocycles. The summed E-state index contributed by atoms with van der Waals surface area (Å²) in [6.07, 6.45) is 13.5. The summed E-state index contributed by atoms with van der Waals surface area (Å²) in [7, 11) is 3.82. The van der Waals surface area contributed by atoms with Gasteiger partial charge in [0.2, 0.25) is 0 Å². The van der Waals surface area contributed by atoms with Crippen molar-refractivity contribution in [3.8, 4) is 0 Å². The maximum atomic E-state index is 6.08. The first-order valence-electron chi connectivity index (χ1n) is 10.2. The van der Waals surface area contributed by atoms with Gasteiger partial charge in [0.05, 0.1) is 11.7 Å². The lowest BCUT2D eigenvalue weighted by molar-refractivity contribution is -0.133. The largest absolute Gasteiger partial charge is 0.381 e. The molecule has 136 valence electrons. The summed E-state index contributed by atoms with van der Waals surface area (Å²) in [4.78, 5) is 0. The molecule has 3 saturated carbocycles. The minimum atomic E-state index is 0.0846. The minimum absolute atomic E-state index is 0.0846. The van der Waals surface area contributed by atoms with E-state index >= 15 is 0 Å². The number of allylic oxidation sites excluding steroid dienone is 1. The normalized spacial score (nSPS) is 53.8. The zero-order valence-electron chi connectivity index (χ0n) is 16.4. The fourth-order valence-electron chi connectivity index (χ4n) is 7.39. The van der Waals surface area contributed by atoms with Gasteiger partial charge < -0.3 is 9.47 Å². The van der Waals surface area contributed by atoms with Gasteiger partial charge in [-0.05, 0) is 86.9 Å². The molecule has 4 aliphatic carbocycles. The van der Waals surface area contributed by atoms with Crippen LogP contribution in [0.1, 0.15) is 72.1 Å². The molecule has 0 aromatic carbocycles. The number of ether oxygens (including phenoxy) is 2. The van der Waals surface area contributed by atoms with Crippen molar-refractivity contribution < 1.29 is 9.47 Å². The molecule has 24 heavy (non-hydrogen) atoms. The van der Waals surface area contributed by atoms with E-state index in [1.807, 2.05) is 14.2 Å². The van der Waals surface area contributed by atoms with Crippen molar-refractivity contribution in [3.05, 3.63) is 11.6 Å². The first-order valence-corrected chi connectivity index (χ1v) is 10.2. The molecule has 4 rings (SSSR count). The SMILES string of the molecule is CO[C@H]1CC[C@@]2(C)C(=CCC3C2CC[C@@]2(C)C3CC[C@]2(C)OC)C1. The second-order valence-electron chi connectivity index (χ2n) is 9.79. The van der Waals surface area contributed by atoms with Gasteiger partial charge in [-0.25, -0.2) is 0 Å².